The van der Waals surface area contributed by atoms with Crippen molar-refractivity contribution in [3.63, 3.8) is 0 Å². The van der Waals surface area contributed by atoms with Gasteiger partial charge in [0, 0.05) is 24.2 Å². The number of rotatable bonds is 8. The molecule has 0 radical (unpaired) electrons. The molecule has 0 spiro atoms. The Kier molecular flexibility index (Phi) is 5.81. The third-order valence-corrected chi connectivity index (χ3v) is 6.96. The maximum absolute atomic E-state index is 5.14. The lowest BCUT2D eigenvalue weighted by molar-refractivity contribution is 0.673. The summed E-state index contributed by atoms with van der Waals surface area (Å²) in [5.74, 6) is 1.59. The Bertz CT molecular complexity index is 968. The largest absolute Gasteiger partial charge is 0.355 e. The number of hydrogen-bond donors (Lipinski definition) is 0. The molecule has 5 heteroatoms. The van der Waals surface area contributed by atoms with E-state index in [4.69, 9.17) is 15.0 Å². The molecule has 150 valence electrons. The molecule has 4 nitrogen and oxygen atoms in total. The number of hydrogen-bond acceptors (Lipinski definition) is 5. The van der Waals surface area contributed by atoms with Crippen molar-refractivity contribution >= 4 is 37.6 Å². The van der Waals surface area contributed by atoms with E-state index in [9.17, 15) is 0 Å². The average molecular weight is 397 g/mol. The van der Waals surface area contributed by atoms with Gasteiger partial charge >= 0.3 is 0 Å². The van der Waals surface area contributed by atoms with Gasteiger partial charge in [0.1, 0.15) is 17.0 Å². The summed E-state index contributed by atoms with van der Waals surface area (Å²) in [6.45, 7) is 11.2. The summed E-state index contributed by atoms with van der Waals surface area (Å²) < 4.78 is 1.23. The van der Waals surface area contributed by atoms with Crippen LogP contribution < -0.4 is 4.90 Å². The van der Waals surface area contributed by atoms with Crippen LogP contribution in [0.4, 0.5) is 5.82 Å². The van der Waals surface area contributed by atoms with E-state index in [-0.39, 0.29) is 0 Å². The highest BCUT2D eigenvalue weighted by atomic mass is 32.1. The Morgan fingerprint density at radius 2 is 1.75 bits per heavy atom. The summed E-state index contributed by atoms with van der Waals surface area (Å²) in [6.07, 6.45) is 10.1. The van der Waals surface area contributed by atoms with Crippen molar-refractivity contribution < 1.29 is 0 Å². The number of nitrogens with zero attached hydrogens (tertiary/aromatic N) is 4. The summed E-state index contributed by atoms with van der Waals surface area (Å²) >= 11 is 1.80. The SMILES string of the molecule is CCCCN(CCCC)c1ncnc2c1sc1nc(C(C)C)c3c(c12)CCC3. The molecule has 0 N–H and O–H groups in total. The molecule has 3 aromatic heterocycles. The number of aromatic nitrogens is 3. The van der Waals surface area contributed by atoms with Gasteiger partial charge < -0.3 is 4.90 Å². The average Bonchev–Trinajstić information content (AvgIpc) is 3.31. The van der Waals surface area contributed by atoms with Crippen molar-refractivity contribution in [2.75, 3.05) is 18.0 Å². The lowest BCUT2D eigenvalue weighted by atomic mass is 9.99. The first-order valence-electron chi connectivity index (χ1n) is 11.0. The molecule has 1 aliphatic rings. The Balaban J connectivity index is 1.90. The Morgan fingerprint density at radius 1 is 1.04 bits per heavy atom. The summed E-state index contributed by atoms with van der Waals surface area (Å²) in [6, 6.07) is 0. The van der Waals surface area contributed by atoms with E-state index < -0.39 is 0 Å². The molecule has 3 heterocycles. The first-order chi connectivity index (χ1) is 13.7. The molecule has 0 unspecified atom stereocenters. The third kappa shape index (κ3) is 3.38. The van der Waals surface area contributed by atoms with E-state index in [1.807, 2.05) is 0 Å². The Hall–Kier alpha value is -1.75. The summed E-state index contributed by atoms with van der Waals surface area (Å²) in [4.78, 5) is 18.3. The molecule has 4 rings (SSSR count). The lowest BCUT2D eigenvalue weighted by Crippen LogP contribution is -2.26. The molecule has 0 fully saturated rings. The molecule has 0 aliphatic heterocycles. The van der Waals surface area contributed by atoms with E-state index in [2.05, 4.69) is 32.6 Å². The zero-order valence-electron chi connectivity index (χ0n) is 17.7. The van der Waals surface area contributed by atoms with Gasteiger partial charge in [-0.1, -0.05) is 40.5 Å². The number of thiophene rings is 1. The predicted molar refractivity (Wildman–Crippen MR) is 121 cm³/mol. The zero-order chi connectivity index (χ0) is 19.7. The monoisotopic (exact) mass is 396 g/mol. The normalized spacial score (nSPS) is 13.8. The Morgan fingerprint density at radius 3 is 2.43 bits per heavy atom. The minimum atomic E-state index is 0.470. The quantitative estimate of drug-likeness (QED) is 0.451. The van der Waals surface area contributed by atoms with Crippen molar-refractivity contribution in [3.8, 4) is 0 Å². The molecular formula is C23H32N4S. The van der Waals surface area contributed by atoms with Gasteiger partial charge in [-0.25, -0.2) is 15.0 Å². The smallest absolute Gasteiger partial charge is 0.150 e. The first kappa shape index (κ1) is 19.6. The minimum Gasteiger partial charge on any atom is -0.355 e. The van der Waals surface area contributed by atoms with Crippen molar-refractivity contribution in [2.45, 2.75) is 78.6 Å². The molecule has 0 amide bonds. The van der Waals surface area contributed by atoms with Crippen LogP contribution in [0.1, 0.15) is 82.5 Å². The minimum absolute atomic E-state index is 0.470. The number of aryl methyl sites for hydroxylation is 1. The first-order valence-corrected chi connectivity index (χ1v) is 11.8. The second-order valence-electron chi connectivity index (χ2n) is 8.31. The highest BCUT2D eigenvalue weighted by Gasteiger charge is 2.26. The van der Waals surface area contributed by atoms with Crippen LogP contribution in [0.15, 0.2) is 6.33 Å². The lowest BCUT2D eigenvalue weighted by Gasteiger charge is -2.23. The van der Waals surface area contributed by atoms with Crippen LogP contribution in [0.25, 0.3) is 20.4 Å². The molecule has 0 saturated carbocycles. The highest BCUT2D eigenvalue weighted by molar-refractivity contribution is 7.26. The zero-order valence-corrected chi connectivity index (χ0v) is 18.5. The number of fused-ring (bicyclic) bond motifs is 5. The number of pyridine rings is 1. The van der Waals surface area contributed by atoms with Crippen LogP contribution >= 0.6 is 11.3 Å². The van der Waals surface area contributed by atoms with E-state index >= 15 is 0 Å². The van der Waals surface area contributed by atoms with Crippen molar-refractivity contribution in [3.05, 3.63) is 23.1 Å². The third-order valence-electron chi connectivity index (χ3n) is 5.89. The van der Waals surface area contributed by atoms with Crippen molar-refractivity contribution in [2.24, 2.45) is 0 Å². The van der Waals surface area contributed by atoms with Gasteiger partial charge in [0.05, 0.1) is 10.2 Å². The molecule has 1 aliphatic carbocycles. The number of anilines is 1. The van der Waals surface area contributed by atoms with Crippen molar-refractivity contribution in [1.82, 2.24) is 15.0 Å². The second kappa shape index (κ2) is 8.32. The van der Waals surface area contributed by atoms with Crippen molar-refractivity contribution in [1.29, 1.82) is 0 Å². The summed E-state index contributed by atoms with van der Waals surface area (Å²) in [7, 11) is 0. The van der Waals surface area contributed by atoms with E-state index in [1.54, 1.807) is 17.7 Å². The van der Waals surface area contributed by atoms with Crippen LogP contribution in [0.5, 0.6) is 0 Å². The van der Waals surface area contributed by atoms with Gasteiger partial charge in [0.2, 0.25) is 0 Å². The van der Waals surface area contributed by atoms with Crippen LogP contribution in [-0.2, 0) is 12.8 Å². The highest BCUT2D eigenvalue weighted by Crippen LogP contribution is 2.43. The molecular weight excluding hydrogens is 364 g/mol. The fourth-order valence-corrected chi connectivity index (χ4v) is 5.62. The molecule has 0 bridgehead atoms. The fourth-order valence-electron chi connectivity index (χ4n) is 4.44. The van der Waals surface area contributed by atoms with Crippen LogP contribution in [-0.4, -0.2) is 28.0 Å². The van der Waals surface area contributed by atoms with E-state index in [0.29, 0.717) is 5.92 Å². The fraction of sp³-hybridized carbons (Fsp3) is 0.609. The van der Waals surface area contributed by atoms with Crippen LogP contribution in [0.2, 0.25) is 0 Å². The van der Waals surface area contributed by atoms with Gasteiger partial charge in [-0.3, -0.25) is 0 Å². The van der Waals surface area contributed by atoms with E-state index in [1.165, 1.54) is 65.4 Å². The standard InChI is InChI=1S/C23H32N4S/c1-5-7-12-27(13-8-6-2)22-21-20(24-14-25-22)18-16-10-9-11-17(16)19(15(3)4)26-23(18)28-21/h14-15H,5-13H2,1-4H3. The molecule has 28 heavy (non-hydrogen) atoms. The molecule has 0 saturated heterocycles. The van der Waals surface area contributed by atoms with Gasteiger partial charge in [-0.2, -0.15) is 0 Å². The molecule has 3 aromatic rings. The van der Waals surface area contributed by atoms with Crippen LogP contribution in [0.3, 0.4) is 0 Å². The summed E-state index contributed by atoms with van der Waals surface area (Å²) in [5.41, 5.74) is 5.44. The maximum Gasteiger partial charge on any atom is 0.150 e. The van der Waals surface area contributed by atoms with Gasteiger partial charge in [0.15, 0.2) is 0 Å². The van der Waals surface area contributed by atoms with Crippen LogP contribution in [0, 0.1) is 0 Å². The Labute approximate surface area is 172 Å². The topological polar surface area (TPSA) is 41.9 Å². The second-order valence-corrected chi connectivity index (χ2v) is 9.31. The predicted octanol–water partition coefficient (Wildman–Crippen LogP) is 6.26. The number of unbranched alkanes of at least 4 members (excludes halogenated alkanes) is 2. The van der Waals surface area contributed by atoms with Gasteiger partial charge in [-0.05, 0) is 49.1 Å². The van der Waals surface area contributed by atoms with E-state index in [0.717, 1.165) is 35.7 Å². The maximum atomic E-state index is 5.14. The summed E-state index contributed by atoms with van der Waals surface area (Å²) in [5, 5.41) is 1.31. The van der Waals surface area contributed by atoms with Gasteiger partial charge in [0.25, 0.3) is 0 Å². The molecule has 0 atom stereocenters. The molecule has 0 aromatic carbocycles. The van der Waals surface area contributed by atoms with Gasteiger partial charge in [-0.15, -0.1) is 11.3 Å².